The minimum absolute atomic E-state index is 0.372. The number of ether oxygens (including phenoxy) is 2. The number of benzene rings is 4. The summed E-state index contributed by atoms with van der Waals surface area (Å²) < 4.78 is 11.8. The molecule has 0 atom stereocenters. The maximum absolute atomic E-state index is 6.23. The summed E-state index contributed by atoms with van der Waals surface area (Å²) in [6, 6.07) is 31.5. The Kier molecular flexibility index (Phi) is 7.62. The van der Waals surface area contributed by atoms with Crippen LogP contribution in [0.3, 0.4) is 0 Å². The lowest BCUT2D eigenvalue weighted by molar-refractivity contribution is 0.269. The second kappa shape index (κ2) is 11.2. The van der Waals surface area contributed by atoms with E-state index in [1.165, 1.54) is 0 Å². The standard InChI is InChI=1S/C28H25ClN2O2/c1-2-32-28-18-21(12-17-27(28)33-20-22-8-6-7-11-26(22)29)19-30-23-13-15-25(16-14-23)31-24-9-4-3-5-10-24/h3-19,31H,2,20H2,1H3. The number of halogens is 1. The molecule has 0 aliphatic heterocycles. The van der Waals surface area contributed by atoms with Crippen LogP contribution in [0, 0.1) is 0 Å². The van der Waals surface area contributed by atoms with Crippen molar-refractivity contribution < 1.29 is 9.47 Å². The first-order valence-electron chi connectivity index (χ1n) is 10.8. The van der Waals surface area contributed by atoms with Crippen molar-refractivity contribution in [2.75, 3.05) is 11.9 Å². The van der Waals surface area contributed by atoms with Gasteiger partial charge in [0, 0.05) is 28.2 Å². The zero-order chi connectivity index (χ0) is 22.9. The highest BCUT2D eigenvalue weighted by atomic mass is 35.5. The molecule has 0 aromatic heterocycles. The van der Waals surface area contributed by atoms with Gasteiger partial charge in [0.1, 0.15) is 6.61 Å². The number of hydrogen-bond acceptors (Lipinski definition) is 4. The van der Waals surface area contributed by atoms with Crippen LogP contribution in [0.4, 0.5) is 17.1 Å². The number of hydrogen-bond donors (Lipinski definition) is 1. The van der Waals surface area contributed by atoms with Crippen LogP contribution in [0.25, 0.3) is 0 Å². The molecule has 166 valence electrons. The molecular formula is C28H25ClN2O2. The van der Waals surface area contributed by atoms with Crippen LogP contribution >= 0.6 is 11.6 Å². The Hall–Kier alpha value is -3.76. The molecule has 4 rings (SSSR count). The van der Waals surface area contributed by atoms with E-state index >= 15 is 0 Å². The molecule has 0 amide bonds. The SMILES string of the molecule is CCOc1cc(C=Nc2ccc(Nc3ccccc3)cc2)ccc1OCc1ccccc1Cl. The Balaban J connectivity index is 1.43. The Labute approximate surface area is 199 Å². The van der Waals surface area contributed by atoms with Gasteiger partial charge >= 0.3 is 0 Å². The zero-order valence-electron chi connectivity index (χ0n) is 18.4. The van der Waals surface area contributed by atoms with E-state index in [1.807, 2.05) is 110 Å². The summed E-state index contributed by atoms with van der Waals surface area (Å²) in [7, 11) is 0. The molecule has 0 heterocycles. The first kappa shape index (κ1) is 22.4. The number of nitrogens with one attached hydrogen (secondary N) is 1. The van der Waals surface area contributed by atoms with Gasteiger partial charge in [-0.3, -0.25) is 4.99 Å². The van der Waals surface area contributed by atoms with Crippen molar-refractivity contribution in [1.29, 1.82) is 0 Å². The van der Waals surface area contributed by atoms with Gasteiger partial charge in [-0.15, -0.1) is 0 Å². The van der Waals surface area contributed by atoms with Crippen LogP contribution in [0.15, 0.2) is 102 Å². The molecule has 4 aromatic rings. The van der Waals surface area contributed by atoms with Crippen molar-refractivity contribution in [3.8, 4) is 11.5 Å². The van der Waals surface area contributed by atoms with Gasteiger partial charge in [0.05, 0.1) is 12.3 Å². The van der Waals surface area contributed by atoms with E-state index in [2.05, 4.69) is 10.3 Å². The second-order valence-electron chi connectivity index (χ2n) is 7.32. The largest absolute Gasteiger partial charge is 0.490 e. The van der Waals surface area contributed by atoms with Crippen molar-refractivity contribution in [2.45, 2.75) is 13.5 Å². The first-order valence-corrected chi connectivity index (χ1v) is 11.2. The van der Waals surface area contributed by atoms with Gasteiger partial charge in [0.2, 0.25) is 0 Å². The molecule has 0 radical (unpaired) electrons. The molecule has 0 saturated heterocycles. The Bertz CT molecular complexity index is 1210. The Morgan fingerprint density at radius 1 is 0.788 bits per heavy atom. The van der Waals surface area contributed by atoms with Crippen LogP contribution in [0.5, 0.6) is 11.5 Å². The Morgan fingerprint density at radius 3 is 2.27 bits per heavy atom. The van der Waals surface area contributed by atoms with Crippen molar-refractivity contribution in [3.63, 3.8) is 0 Å². The summed E-state index contributed by atoms with van der Waals surface area (Å²) in [5, 5.41) is 4.05. The number of nitrogens with zero attached hydrogens (tertiary/aromatic N) is 1. The molecule has 0 bridgehead atoms. The van der Waals surface area contributed by atoms with E-state index in [4.69, 9.17) is 21.1 Å². The number of anilines is 2. The second-order valence-corrected chi connectivity index (χ2v) is 7.72. The van der Waals surface area contributed by atoms with Gasteiger partial charge in [0.25, 0.3) is 0 Å². The lowest BCUT2D eigenvalue weighted by Crippen LogP contribution is -2.00. The highest BCUT2D eigenvalue weighted by molar-refractivity contribution is 6.31. The molecule has 4 aromatic carbocycles. The summed E-state index contributed by atoms with van der Waals surface area (Å²) in [5.74, 6) is 1.35. The molecule has 0 fully saturated rings. The maximum atomic E-state index is 6.23. The van der Waals surface area contributed by atoms with Gasteiger partial charge in [0.15, 0.2) is 11.5 Å². The lowest BCUT2D eigenvalue weighted by atomic mass is 10.2. The smallest absolute Gasteiger partial charge is 0.161 e. The molecule has 4 nitrogen and oxygen atoms in total. The highest BCUT2D eigenvalue weighted by Gasteiger charge is 2.08. The molecule has 0 saturated carbocycles. The minimum atomic E-state index is 0.372. The molecule has 33 heavy (non-hydrogen) atoms. The van der Waals surface area contributed by atoms with Gasteiger partial charge < -0.3 is 14.8 Å². The van der Waals surface area contributed by atoms with E-state index in [-0.39, 0.29) is 0 Å². The quantitative estimate of drug-likeness (QED) is 0.261. The van der Waals surface area contributed by atoms with E-state index in [0.29, 0.717) is 29.7 Å². The average Bonchev–Trinajstić information content (AvgIpc) is 2.85. The third-order valence-electron chi connectivity index (χ3n) is 4.90. The van der Waals surface area contributed by atoms with Gasteiger partial charge in [-0.05, 0) is 73.2 Å². The molecule has 0 spiro atoms. The summed E-state index contributed by atoms with van der Waals surface area (Å²) in [6.45, 7) is 2.86. The maximum Gasteiger partial charge on any atom is 0.161 e. The fourth-order valence-electron chi connectivity index (χ4n) is 3.23. The molecule has 1 N–H and O–H groups in total. The highest BCUT2D eigenvalue weighted by Crippen LogP contribution is 2.30. The van der Waals surface area contributed by atoms with Crippen LogP contribution in [-0.4, -0.2) is 12.8 Å². The summed E-state index contributed by atoms with van der Waals surface area (Å²) >= 11 is 6.23. The number of rotatable bonds is 9. The monoisotopic (exact) mass is 456 g/mol. The minimum Gasteiger partial charge on any atom is -0.490 e. The number of aliphatic imine (C=N–C) groups is 1. The van der Waals surface area contributed by atoms with Crippen LogP contribution in [0.1, 0.15) is 18.1 Å². The predicted molar refractivity (Wildman–Crippen MR) is 137 cm³/mol. The molecule has 5 heteroatoms. The third-order valence-corrected chi connectivity index (χ3v) is 5.27. The fourth-order valence-corrected chi connectivity index (χ4v) is 3.42. The molecular weight excluding hydrogens is 432 g/mol. The van der Waals surface area contributed by atoms with Gasteiger partial charge in [-0.25, -0.2) is 0 Å². The van der Waals surface area contributed by atoms with E-state index < -0.39 is 0 Å². The predicted octanol–water partition coefficient (Wildman–Crippen LogP) is 7.81. The third kappa shape index (κ3) is 6.37. The van der Waals surface area contributed by atoms with Crippen molar-refractivity contribution in [1.82, 2.24) is 0 Å². The van der Waals surface area contributed by atoms with E-state index in [0.717, 1.165) is 28.2 Å². The van der Waals surface area contributed by atoms with Crippen LogP contribution in [0.2, 0.25) is 5.02 Å². The summed E-state index contributed by atoms with van der Waals surface area (Å²) in [6.07, 6.45) is 1.82. The normalized spacial score (nSPS) is 10.8. The van der Waals surface area contributed by atoms with E-state index in [9.17, 15) is 0 Å². The topological polar surface area (TPSA) is 42.8 Å². The molecule has 0 unspecified atom stereocenters. The van der Waals surface area contributed by atoms with Crippen molar-refractivity contribution in [3.05, 3.63) is 113 Å². The molecule has 0 aliphatic carbocycles. The molecule has 0 aliphatic rings. The van der Waals surface area contributed by atoms with Crippen LogP contribution < -0.4 is 14.8 Å². The summed E-state index contributed by atoms with van der Waals surface area (Å²) in [4.78, 5) is 4.59. The zero-order valence-corrected chi connectivity index (χ0v) is 19.1. The van der Waals surface area contributed by atoms with Gasteiger partial charge in [-0.2, -0.15) is 0 Å². The van der Waals surface area contributed by atoms with E-state index in [1.54, 1.807) is 0 Å². The Morgan fingerprint density at radius 2 is 1.52 bits per heavy atom. The summed E-state index contributed by atoms with van der Waals surface area (Å²) in [5.41, 5.74) is 4.78. The fraction of sp³-hybridized carbons (Fsp3) is 0.107. The van der Waals surface area contributed by atoms with Gasteiger partial charge in [-0.1, -0.05) is 48.0 Å². The van der Waals surface area contributed by atoms with Crippen LogP contribution in [-0.2, 0) is 6.61 Å². The first-order chi connectivity index (χ1) is 16.2. The lowest BCUT2D eigenvalue weighted by Gasteiger charge is -2.13. The van der Waals surface area contributed by atoms with Crippen molar-refractivity contribution in [2.24, 2.45) is 4.99 Å². The average molecular weight is 457 g/mol. The number of para-hydroxylation sites is 1. The van der Waals surface area contributed by atoms with Crippen molar-refractivity contribution >= 4 is 34.9 Å².